The lowest BCUT2D eigenvalue weighted by molar-refractivity contribution is 0.922. The number of benzene rings is 2. The summed E-state index contributed by atoms with van der Waals surface area (Å²) in [6.45, 7) is 0.829. The lowest BCUT2D eigenvalue weighted by Gasteiger charge is -2.20. The minimum atomic E-state index is 0.439. The number of anilines is 1. The normalized spacial score (nSPS) is 10.5. The molecule has 0 atom stereocenters. The van der Waals surface area contributed by atoms with Crippen LogP contribution in [0.3, 0.4) is 0 Å². The summed E-state index contributed by atoms with van der Waals surface area (Å²) >= 11 is 15.5. The minimum Gasteiger partial charge on any atom is -0.370 e. The molecule has 0 N–H and O–H groups in total. The van der Waals surface area contributed by atoms with Crippen molar-refractivity contribution in [3.8, 4) is 0 Å². The van der Waals surface area contributed by atoms with E-state index in [9.17, 15) is 0 Å². The fraction of sp³-hybridized carbons (Fsp3) is 0.200. The van der Waals surface area contributed by atoms with E-state index in [1.807, 2.05) is 37.4 Å². The number of nitrogens with zero attached hydrogens (tertiary/aromatic N) is 1. The van der Waals surface area contributed by atoms with Crippen molar-refractivity contribution < 1.29 is 0 Å². The highest BCUT2D eigenvalue weighted by Gasteiger charge is 2.06. The fourth-order valence-corrected chi connectivity index (χ4v) is 2.87. The van der Waals surface area contributed by atoms with E-state index in [2.05, 4.69) is 33.0 Å². The summed E-state index contributed by atoms with van der Waals surface area (Å²) in [6.07, 6.45) is 0. The molecule has 0 saturated heterocycles. The molecule has 0 aliphatic carbocycles. The lowest BCUT2D eigenvalue weighted by Crippen LogP contribution is -2.16. The molecule has 0 heterocycles. The van der Waals surface area contributed by atoms with Crippen LogP contribution in [-0.4, -0.2) is 7.05 Å². The Morgan fingerprint density at radius 3 is 2.58 bits per heavy atom. The third-order valence-corrected chi connectivity index (χ3v) is 4.06. The molecule has 4 heteroatoms. The van der Waals surface area contributed by atoms with E-state index in [0.717, 1.165) is 22.3 Å². The standard InChI is InChI=1S/C15H14BrCl2N/c1-19(10-11-3-2-4-13(16)7-11)14-6-5-12(9-17)15(18)8-14/h2-8H,9-10H2,1H3. The largest absolute Gasteiger partial charge is 0.370 e. The topological polar surface area (TPSA) is 3.24 Å². The van der Waals surface area contributed by atoms with Gasteiger partial charge in [-0.05, 0) is 35.4 Å². The zero-order valence-corrected chi connectivity index (χ0v) is 13.6. The van der Waals surface area contributed by atoms with Gasteiger partial charge in [0.2, 0.25) is 0 Å². The van der Waals surface area contributed by atoms with E-state index in [1.54, 1.807) is 0 Å². The van der Waals surface area contributed by atoms with E-state index in [1.165, 1.54) is 5.56 Å². The smallest absolute Gasteiger partial charge is 0.0488 e. The summed E-state index contributed by atoms with van der Waals surface area (Å²) < 4.78 is 1.09. The third kappa shape index (κ3) is 3.88. The molecule has 0 bridgehead atoms. The van der Waals surface area contributed by atoms with Crippen molar-refractivity contribution >= 4 is 44.8 Å². The summed E-state index contributed by atoms with van der Waals surface area (Å²) in [7, 11) is 2.05. The van der Waals surface area contributed by atoms with Crippen LogP contribution in [0.25, 0.3) is 0 Å². The summed E-state index contributed by atoms with van der Waals surface area (Å²) in [5.74, 6) is 0.439. The van der Waals surface area contributed by atoms with Crippen LogP contribution in [0.15, 0.2) is 46.9 Å². The molecule has 0 saturated carbocycles. The predicted molar refractivity (Wildman–Crippen MR) is 87.3 cm³/mol. The predicted octanol–water partition coefficient (Wildman–Crippen LogP) is 5.48. The Morgan fingerprint density at radius 1 is 1.16 bits per heavy atom. The Morgan fingerprint density at radius 2 is 1.95 bits per heavy atom. The maximum absolute atomic E-state index is 6.18. The minimum absolute atomic E-state index is 0.439. The molecule has 0 aliphatic heterocycles. The molecule has 1 nitrogen and oxygen atoms in total. The fourth-order valence-electron chi connectivity index (χ4n) is 1.88. The molecule has 0 amide bonds. The van der Waals surface area contributed by atoms with Gasteiger partial charge in [0, 0.05) is 34.7 Å². The highest BCUT2D eigenvalue weighted by atomic mass is 79.9. The van der Waals surface area contributed by atoms with Crippen LogP contribution in [-0.2, 0) is 12.4 Å². The van der Waals surface area contributed by atoms with Gasteiger partial charge in [0.15, 0.2) is 0 Å². The first-order chi connectivity index (χ1) is 9.10. The molecule has 0 spiro atoms. The van der Waals surface area contributed by atoms with Crippen LogP contribution in [0.2, 0.25) is 5.02 Å². The number of hydrogen-bond acceptors (Lipinski definition) is 1. The molecule has 2 aromatic carbocycles. The van der Waals surface area contributed by atoms with Gasteiger partial charge < -0.3 is 4.90 Å². The Balaban J connectivity index is 2.15. The molecule has 0 aromatic heterocycles. The first-order valence-electron chi connectivity index (χ1n) is 5.90. The molecule has 0 unspecified atom stereocenters. The van der Waals surface area contributed by atoms with E-state index in [0.29, 0.717) is 10.9 Å². The summed E-state index contributed by atoms with van der Waals surface area (Å²) in [5, 5.41) is 0.716. The number of halogens is 3. The van der Waals surface area contributed by atoms with Gasteiger partial charge in [-0.25, -0.2) is 0 Å². The summed E-state index contributed by atoms with van der Waals surface area (Å²) in [5.41, 5.74) is 3.29. The van der Waals surface area contributed by atoms with Gasteiger partial charge in [-0.2, -0.15) is 0 Å². The van der Waals surface area contributed by atoms with E-state index in [-0.39, 0.29) is 0 Å². The lowest BCUT2D eigenvalue weighted by atomic mass is 10.2. The van der Waals surface area contributed by atoms with E-state index < -0.39 is 0 Å². The van der Waals surface area contributed by atoms with Crippen molar-refractivity contribution in [2.75, 3.05) is 11.9 Å². The molecule has 2 aromatic rings. The zero-order valence-electron chi connectivity index (χ0n) is 10.5. The van der Waals surface area contributed by atoms with Crippen molar-refractivity contribution in [2.24, 2.45) is 0 Å². The highest BCUT2D eigenvalue weighted by Crippen LogP contribution is 2.25. The van der Waals surface area contributed by atoms with Crippen LogP contribution >= 0.6 is 39.1 Å². The Kier molecular flexibility index (Phi) is 5.14. The van der Waals surface area contributed by atoms with Crippen molar-refractivity contribution in [1.82, 2.24) is 0 Å². The van der Waals surface area contributed by atoms with E-state index >= 15 is 0 Å². The molecule has 19 heavy (non-hydrogen) atoms. The maximum atomic E-state index is 6.18. The van der Waals surface area contributed by atoms with Gasteiger partial charge in [-0.1, -0.05) is 45.7 Å². The molecular weight excluding hydrogens is 345 g/mol. The summed E-state index contributed by atoms with van der Waals surface area (Å²) in [6, 6.07) is 14.3. The maximum Gasteiger partial charge on any atom is 0.0488 e. The second kappa shape index (κ2) is 6.65. The van der Waals surface area contributed by atoms with Gasteiger partial charge in [-0.15, -0.1) is 11.6 Å². The third-order valence-electron chi connectivity index (χ3n) is 2.93. The molecule has 0 aliphatic rings. The van der Waals surface area contributed by atoms with Gasteiger partial charge >= 0.3 is 0 Å². The molecule has 0 fully saturated rings. The second-order valence-electron chi connectivity index (χ2n) is 4.40. The van der Waals surface area contributed by atoms with Crippen molar-refractivity contribution in [2.45, 2.75) is 12.4 Å². The van der Waals surface area contributed by atoms with Crippen molar-refractivity contribution in [3.05, 3.63) is 63.1 Å². The second-order valence-corrected chi connectivity index (χ2v) is 5.99. The first kappa shape index (κ1) is 14.7. The highest BCUT2D eigenvalue weighted by molar-refractivity contribution is 9.10. The number of hydrogen-bond donors (Lipinski definition) is 0. The van der Waals surface area contributed by atoms with Gasteiger partial charge in [0.1, 0.15) is 0 Å². The van der Waals surface area contributed by atoms with Crippen molar-refractivity contribution in [1.29, 1.82) is 0 Å². The van der Waals surface area contributed by atoms with Crippen LogP contribution in [0.5, 0.6) is 0 Å². The molecule has 0 radical (unpaired) electrons. The molecular formula is C15H14BrCl2N. The number of alkyl halides is 1. The Bertz CT molecular complexity index is 572. The quantitative estimate of drug-likeness (QED) is 0.654. The van der Waals surface area contributed by atoms with Crippen LogP contribution < -0.4 is 4.90 Å². The van der Waals surface area contributed by atoms with E-state index in [4.69, 9.17) is 23.2 Å². The average Bonchev–Trinajstić information content (AvgIpc) is 2.38. The first-order valence-corrected chi connectivity index (χ1v) is 7.60. The van der Waals surface area contributed by atoms with Gasteiger partial charge in [0.25, 0.3) is 0 Å². The SMILES string of the molecule is CN(Cc1cccc(Br)c1)c1ccc(CCl)c(Cl)c1. The molecule has 100 valence electrons. The Hall–Kier alpha value is -0.700. The van der Waals surface area contributed by atoms with Crippen LogP contribution in [0.4, 0.5) is 5.69 Å². The van der Waals surface area contributed by atoms with Crippen LogP contribution in [0.1, 0.15) is 11.1 Å². The Labute approximate surface area is 132 Å². The molecule has 2 rings (SSSR count). The van der Waals surface area contributed by atoms with Gasteiger partial charge in [-0.3, -0.25) is 0 Å². The van der Waals surface area contributed by atoms with Crippen LogP contribution in [0, 0.1) is 0 Å². The summed E-state index contributed by atoms with van der Waals surface area (Å²) in [4.78, 5) is 2.16. The average molecular weight is 359 g/mol. The van der Waals surface area contributed by atoms with Crippen molar-refractivity contribution in [3.63, 3.8) is 0 Å². The number of rotatable bonds is 4. The zero-order chi connectivity index (χ0) is 13.8. The monoisotopic (exact) mass is 357 g/mol. The van der Waals surface area contributed by atoms with Gasteiger partial charge in [0.05, 0.1) is 0 Å².